The highest BCUT2D eigenvalue weighted by molar-refractivity contribution is 5.72. The second-order valence-corrected chi connectivity index (χ2v) is 4.00. The van der Waals surface area contributed by atoms with Gasteiger partial charge in [-0.15, -0.1) is 10.2 Å². The number of halogens is 6. The zero-order valence-electron chi connectivity index (χ0n) is 10.00. The Hall–Kier alpha value is -2.32. The Morgan fingerprint density at radius 1 is 0.810 bits per heavy atom. The van der Waals surface area contributed by atoms with E-state index in [4.69, 9.17) is 0 Å². The number of rotatable bonds is 1. The molecule has 21 heavy (non-hydrogen) atoms. The number of aromatic nitrogens is 2. The minimum absolute atomic E-state index is 0.213. The predicted octanol–water partition coefficient (Wildman–Crippen LogP) is 3.89. The zero-order chi connectivity index (χ0) is 15.8. The first kappa shape index (κ1) is 15.1. The van der Waals surface area contributed by atoms with Crippen LogP contribution in [-0.4, -0.2) is 15.3 Å². The highest BCUT2D eigenvalue weighted by atomic mass is 19.4. The van der Waals surface area contributed by atoms with Crippen LogP contribution in [0.3, 0.4) is 0 Å². The Morgan fingerprint density at radius 2 is 1.43 bits per heavy atom. The number of phenolic OH excluding ortho intramolecular Hbond substituents is 1. The second kappa shape index (κ2) is 4.90. The molecule has 0 radical (unpaired) electrons. The molecule has 1 N–H and O–H groups in total. The number of alkyl halides is 6. The van der Waals surface area contributed by atoms with Crippen molar-refractivity contribution in [2.75, 3.05) is 0 Å². The largest absolute Gasteiger partial charge is 0.507 e. The number of hydrogen-bond acceptors (Lipinski definition) is 3. The molecule has 0 saturated heterocycles. The van der Waals surface area contributed by atoms with E-state index in [9.17, 15) is 31.4 Å². The molecule has 0 aliphatic rings. The fourth-order valence-electron chi connectivity index (χ4n) is 1.65. The van der Waals surface area contributed by atoms with Crippen LogP contribution in [0, 0.1) is 0 Å². The zero-order valence-corrected chi connectivity index (χ0v) is 10.00. The van der Waals surface area contributed by atoms with Crippen molar-refractivity contribution in [3.05, 3.63) is 41.7 Å². The Balaban J connectivity index is 2.74. The number of hydrogen-bond donors (Lipinski definition) is 1. The molecule has 1 heterocycles. The number of benzene rings is 1. The minimum Gasteiger partial charge on any atom is -0.507 e. The predicted molar refractivity (Wildman–Crippen MR) is 59.1 cm³/mol. The number of aromatic hydroxyl groups is 1. The van der Waals surface area contributed by atoms with E-state index in [2.05, 4.69) is 10.2 Å². The lowest BCUT2D eigenvalue weighted by Gasteiger charge is -2.14. The summed E-state index contributed by atoms with van der Waals surface area (Å²) >= 11 is 0. The van der Waals surface area contributed by atoms with Gasteiger partial charge < -0.3 is 5.11 Å². The standard InChI is InChI=1S/C12H6F6N2O/c13-11(14,15)9-5-7(6-3-1-2-4-8(6)21)10(20-19-9)12(16,17)18/h1-5,21H. The van der Waals surface area contributed by atoms with Crippen molar-refractivity contribution in [1.29, 1.82) is 0 Å². The lowest BCUT2D eigenvalue weighted by molar-refractivity contribution is -0.147. The summed E-state index contributed by atoms with van der Waals surface area (Å²) in [5.41, 5.74) is -4.47. The highest BCUT2D eigenvalue weighted by Crippen LogP contribution is 2.40. The van der Waals surface area contributed by atoms with Crippen molar-refractivity contribution in [1.82, 2.24) is 10.2 Å². The molecular formula is C12H6F6N2O. The third-order valence-electron chi connectivity index (χ3n) is 2.55. The van der Waals surface area contributed by atoms with Crippen LogP contribution in [0.2, 0.25) is 0 Å². The summed E-state index contributed by atoms with van der Waals surface area (Å²) in [6.45, 7) is 0. The van der Waals surface area contributed by atoms with Crippen molar-refractivity contribution in [2.45, 2.75) is 12.4 Å². The van der Waals surface area contributed by atoms with E-state index in [-0.39, 0.29) is 6.07 Å². The molecule has 0 aliphatic heterocycles. The van der Waals surface area contributed by atoms with E-state index < -0.39 is 40.6 Å². The van der Waals surface area contributed by atoms with E-state index in [0.717, 1.165) is 12.1 Å². The van der Waals surface area contributed by atoms with E-state index in [0.29, 0.717) is 0 Å². The summed E-state index contributed by atoms with van der Waals surface area (Å²) in [5, 5.41) is 14.7. The van der Waals surface area contributed by atoms with E-state index in [1.807, 2.05) is 0 Å². The SMILES string of the molecule is Oc1ccccc1-c1cc(C(F)(F)F)nnc1C(F)(F)F. The highest BCUT2D eigenvalue weighted by Gasteiger charge is 2.40. The van der Waals surface area contributed by atoms with Crippen molar-refractivity contribution in [3.8, 4) is 16.9 Å². The van der Waals surface area contributed by atoms with Crippen LogP contribution >= 0.6 is 0 Å². The molecule has 0 spiro atoms. The maximum absolute atomic E-state index is 12.8. The van der Waals surface area contributed by atoms with Crippen LogP contribution in [0.15, 0.2) is 30.3 Å². The van der Waals surface area contributed by atoms with Gasteiger partial charge >= 0.3 is 12.4 Å². The van der Waals surface area contributed by atoms with Crippen LogP contribution in [0.5, 0.6) is 5.75 Å². The molecule has 1 aromatic carbocycles. The second-order valence-electron chi connectivity index (χ2n) is 4.00. The van der Waals surface area contributed by atoms with Gasteiger partial charge in [-0.1, -0.05) is 18.2 Å². The van der Waals surface area contributed by atoms with Crippen LogP contribution < -0.4 is 0 Å². The molecule has 0 aliphatic carbocycles. The Morgan fingerprint density at radius 3 is 1.95 bits per heavy atom. The van der Waals surface area contributed by atoms with Gasteiger partial charge in [-0.05, 0) is 12.1 Å². The fraction of sp³-hybridized carbons (Fsp3) is 0.167. The maximum Gasteiger partial charge on any atom is 0.435 e. The summed E-state index contributed by atoms with van der Waals surface area (Å²) in [7, 11) is 0. The van der Waals surface area contributed by atoms with Gasteiger partial charge in [-0.2, -0.15) is 26.3 Å². The summed E-state index contributed by atoms with van der Waals surface area (Å²) in [5.74, 6) is -0.593. The number of nitrogens with zero attached hydrogens (tertiary/aromatic N) is 2. The van der Waals surface area contributed by atoms with Crippen LogP contribution in [0.1, 0.15) is 11.4 Å². The third kappa shape index (κ3) is 3.06. The summed E-state index contributed by atoms with van der Waals surface area (Å²) < 4.78 is 76.2. The summed E-state index contributed by atoms with van der Waals surface area (Å²) in [6.07, 6.45) is -9.95. The molecule has 0 fully saturated rings. The molecule has 2 rings (SSSR count). The molecule has 9 heteroatoms. The van der Waals surface area contributed by atoms with Gasteiger partial charge in [0.05, 0.1) is 0 Å². The normalized spacial score (nSPS) is 12.5. The average molecular weight is 308 g/mol. The van der Waals surface area contributed by atoms with E-state index in [1.54, 1.807) is 0 Å². The smallest absolute Gasteiger partial charge is 0.435 e. The van der Waals surface area contributed by atoms with Crippen molar-refractivity contribution in [3.63, 3.8) is 0 Å². The first-order valence-electron chi connectivity index (χ1n) is 5.41. The third-order valence-corrected chi connectivity index (χ3v) is 2.55. The Labute approximate surface area is 113 Å². The minimum atomic E-state index is -5.01. The molecule has 112 valence electrons. The van der Waals surface area contributed by atoms with Gasteiger partial charge in [0.25, 0.3) is 0 Å². The first-order valence-corrected chi connectivity index (χ1v) is 5.41. The molecule has 2 aromatic rings. The summed E-state index contributed by atoms with van der Waals surface area (Å²) in [4.78, 5) is 0. The van der Waals surface area contributed by atoms with Gasteiger partial charge in [-0.25, -0.2) is 0 Å². The van der Waals surface area contributed by atoms with Gasteiger partial charge in [0.2, 0.25) is 0 Å². The Kier molecular flexibility index (Phi) is 3.52. The van der Waals surface area contributed by atoms with Gasteiger partial charge in [0.15, 0.2) is 11.4 Å². The van der Waals surface area contributed by atoms with Crippen LogP contribution in [0.25, 0.3) is 11.1 Å². The first-order chi connectivity index (χ1) is 9.60. The lowest BCUT2D eigenvalue weighted by Crippen LogP contribution is -2.16. The molecule has 0 bridgehead atoms. The molecule has 1 aromatic heterocycles. The molecule has 0 saturated carbocycles. The molecule has 0 atom stereocenters. The van der Waals surface area contributed by atoms with Crippen LogP contribution in [0.4, 0.5) is 26.3 Å². The monoisotopic (exact) mass is 308 g/mol. The quantitative estimate of drug-likeness (QED) is 0.813. The van der Waals surface area contributed by atoms with Gasteiger partial charge in [0.1, 0.15) is 5.75 Å². The Bertz CT molecular complexity index is 666. The van der Waals surface area contributed by atoms with Gasteiger partial charge in [0, 0.05) is 11.1 Å². The summed E-state index contributed by atoms with van der Waals surface area (Å²) in [6, 6.07) is 4.93. The van der Waals surface area contributed by atoms with Crippen molar-refractivity contribution >= 4 is 0 Å². The average Bonchev–Trinajstić information content (AvgIpc) is 2.36. The molecular weight excluding hydrogens is 302 g/mol. The lowest BCUT2D eigenvalue weighted by atomic mass is 10.0. The molecule has 3 nitrogen and oxygen atoms in total. The van der Waals surface area contributed by atoms with Crippen molar-refractivity contribution in [2.24, 2.45) is 0 Å². The molecule has 0 unspecified atom stereocenters. The molecule has 0 amide bonds. The maximum atomic E-state index is 12.8. The van der Waals surface area contributed by atoms with E-state index in [1.165, 1.54) is 12.1 Å². The number of para-hydroxylation sites is 1. The topological polar surface area (TPSA) is 46.0 Å². The van der Waals surface area contributed by atoms with Crippen LogP contribution in [-0.2, 0) is 12.4 Å². The fourth-order valence-corrected chi connectivity index (χ4v) is 1.65. The van der Waals surface area contributed by atoms with Crippen molar-refractivity contribution < 1.29 is 31.4 Å². The number of phenols is 1. The van der Waals surface area contributed by atoms with E-state index >= 15 is 0 Å². The van der Waals surface area contributed by atoms with Gasteiger partial charge in [-0.3, -0.25) is 0 Å².